The topological polar surface area (TPSA) is 78.1 Å². The van der Waals surface area contributed by atoms with Gasteiger partial charge >= 0.3 is 5.97 Å². The van der Waals surface area contributed by atoms with Crippen LogP contribution in [-0.2, 0) is 17.6 Å². The van der Waals surface area contributed by atoms with Gasteiger partial charge in [-0.15, -0.1) is 0 Å². The number of carbonyl (C=O) groups is 1. The fourth-order valence-corrected chi connectivity index (χ4v) is 3.29. The molecule has 0 saturated heterocycles. The second-order valence-corrected chi connectivity index (χ2v) is 6.30. The number of rotatable bonds is 5. The Morgan fingerprint density at radius 2 is 1.82 bits per heavy atom. The van der Waals surface area contributed by atoms with Crippen LogP contribution >= 0.6 is 0 Å². The van der Waals surface area contributed by atoms with Crippen molar-refractivity contribution in [2.75, 3.05) is 12.8 Å². The lowest BCUT2D eigenvalue weighted by Gasteiger charge is -2.17. The number of aryl methyl sites for hydroxylation is 2. The van der Waals surface area contributed by atoms with Crippen LogP contribution in [0.2, 0.25) is 0 Å². The van der Waals surface area contributed by atoms with Crippen molar-refractivity contribution in [2.45, 2.75) is 26.7 Å². The molecule has 28 heavy (non-hydrogen) atoms. The third-order valence-electron chi connectivity index (χ3n) is 4.65. The van der Waals surface area contributed by atoms with Gasteiger partial charge in [0.2, 0.25) is 0 Å². The van der Waals surface area contributed by atoms with E-state index >= 15 is 0 Å². The van der Waals surface area contributed by atoms with Gasteiger partial charge in [-0.25, -0.2) is 14.2 Å². The molecule has 0 aliphatic rings. The lowest BCUT2D eigenvalue weighted by atomic mass is 9.91. The van der Waals surface area contributed by atoms with E-state index in [0.29, 0.717) is 24.2 Å². The molecule has 0 aliphatic carbocycles. The Labute approximate surface area is 163 Å². The Hall–Kier alpha value is -3.28. The molecule has 0 saturated carbocycles. The van der Waals surface area contributed by atoms with E-state index in [1.165, 1.54) is 19.2 Å². The number of anilines is 1. The van der Waals surface area contributed by atoms with Crippen LogP contribution in [0.5, 0.6) is 0 Å². The Morgan fingerprint density at radius 3 is 2.46 bits per heavy atom. The number of nitrogens with zero attached hydrogens (tertiary/aromatic N) is 2. The van der Waals surface area contributed by atoms with Gasteiger partial charge in [0.05, 0.1) is 18.4 Å². The number of nitrogens with two attached hydrogens (primary N) is 1. The van der Waals surface area contributed by atoms with Crippen LogP contribution in [0.15, 0.2) is 42.6 Å². The van der Waals surface area contributed by atoms with Crippen LogP contribution in [0.3, 0.4) is 0 Å². The molecule has 0 radical (unpaired) electrons. The Bertz CT molecular complexity index is 1030. The number of pyridine rings is 2. The maximum atomic E-state index is 14.5. The first-order chi connectivity index (χ1) is 13.5. The third-order valence-corrected chi connectivity index (χ3v) is 4.65. The molecule has 0 unspecified atom stereocenters. The molecule has 0 atom stereocenters. The molecule has 0 aliphatic heterocycles. The van der Waals surface area contributed by atoms with Gasteiger partial charge in [0.15, 0.2) is 0 Å². The molecule has 144 valence electrons. The maximum Gasteiger partial charge on any atom is 0.340 e. The highest BCUT2D eigenvalue weighted by Gasteiger charge is 2.19. The average molecular weight is 379 g/mol. The minimum atomic E-state index is -0.704. The van der Waals surface area contributed by atoms with E-state index in [1.54, 1.807) is 18.3 Å². The molecule has 5 nitrogen and oxygen atoms in total. The molecule has 0 fully saturated rings. The standard InChI is InChI=1S/C22H22FN3O2/c1-4-18-16(8-9-20(24)26-18)21-14(10-11-25-19(21)5-2)13-6-7-15(17(23)12-13)22(27)28-3/h6-12H,4-5H2,1-3H3,(H2,24,26). The van der Waals surface area contributed by atoms with Crippen LogP contribution in [0.4, 0.5) is 10.2 Å². The minimum absolute atomic E-state index is 0.0963. The number of esters is 1. The van der Waals surface area contributed by atoms with Crippen molar-refractivity contribution in [1.82, 2.24) is 9.97 Å². The van der Waals surface area contributed by atoms with Gasteiger partial charge in [-0.3, -0.25) is 4.98 Å². The van der Waals surface area contributed by atoms with Crippen LogP contribution in [0.25, 0.3) is 22.3 Å². The molecule has 2 heterocycles. The lowest BCUT2D eigenvalue weighted by Crippen LogP contribution is -2.05. The van der Waals surface area contributed by atoms with Crippen LogP contribution in [-0.4, -0.2) is 23.0 Å². The number of benzene rings is 1. The first-order valence-corrected chi connectivity index (χ1v) is 9.12. The van der Waals surface area contributed by atoms with Crippen molar-refractivity contribution in [2.24, 2.45) is 0 Å². The molecule has 3 aromatic rings. The molecule has 3 rings (SSSR count). The third kappa shape index (κ3) is 3.58. The number of carbonyl (C=O) groups excluding carboxylic acids is 1. The largest absolute Gasteiger partial charge is 0.465 e. The second-order valence-electron chi connectivity index (χ2n) is 6.30. The van der Waals surface area contributed by atoms with E-state index < -0.39 is 11.8 Å². The van der Waals surface area contributed by atoms with Gasteiger partial charge in [-0.1, -0.05) is 19.9 Å². The van der Waals surface area contributed by atoms with E-state index in [4.69, 9.17) is 5.73 Å². The number of hydrogen-bond donors (Lipinski definition) is 1. The summed E-state index contributed by atoms with van der Waals surface area (Å²) in [5, 5.41) is 0. The summed E-state index contributed by atoms with van der Waals surface area (Å²) >= 11 is 0. The number of halogens is 1. The summed E-state index contributed by atoms with van der Waals surface area (Å²) in [7, 11) is 1.23. The van der Waals surface area contributed by atoms with Gasteiger partial charge in [-0.05, 0) is 54.3 Å². The summed E-state index contributed by atoms with van der Waals surface area (Å²) in [5.74, 6) is -0.877. The van der Waals surface area contributed by atoms with Crippen LogP contribution < -0.4 is 5.73 Å². The SMILES string of the molecule is CCc1nc(N)ccc1-c1c(-c2ccc(C(=O)OC)c(F)c2)ccnc1CC. The molecule has 0 bridgehead atoms. The summed E-state index contributed by atoms with van der Waals surface area (Å²) in [5.41, 5.74) is 10.8. The molecule has 0 spiro atoms. The summed E-state index contributed by atoms with van der Waals surface area (Å²) in [6.45, 7) is 4.03. The quantitative estimate of drug-likeness (QED) is 0.663. The predicted molar refractivity (Wildman–Crippen MR) is 107 cm³/mol. The Morgan fingerprint density at radius 1 is 1.07 bits per heavy atom. The van der Waals surface area contributed by atoms with Crippen molar-refractivity contribution >= 4 is 11.8 Å². The first-order valence-electron chi connectivity index (χ1n) is 9.12. The van der Waals surface area contributed by atoms with Crippen LogP contribution in [0.1, 0.15) is 35.6 Å². The zero-order valence-corrected chi connectivity index (χ0v) is 16.1. The van der Waals surface area contributed by atoms with E-state index in [1.807, 2.05) is 26.0 Å². The van der Waals surface area contributed by atoms with Gasteiger partial charge in [-0.2, -0.15) is 0 Å². The summed E-state index contributed by atoms with van der Waals surface area (Å²) < 4.78 is 19.2. The molecule has 0 amide bonds. The van der Waals surface area contributed by atoms with E-state index in [-0.39, 0.29) is 5.56 Å². The van der Waals surface area contributed by atoms with Crippen molar-refractivity contribution in [3.8, 4) is 22.3 Å². The first kappa shape index (κ1) is 19.5. The van der Waals surface area contributed by atoms with Gasteiger partial charge in [0.1, 0.15) is 11.6 Å². The highest BCUT2D eigenvalue weighted by Crippen LogP contribution is 2.36. The molecule has 2 N–H and O–H groups in total. The Balaban J connectivity index is 2.24. The fraction of sp³-hybridized carbons (Fsp3) is 0.227. The summed E-state index contributed by atoms with van der Waals surface area (Å²) in [6.07, 6.45) is 3.12. The predicted octanol–water partition coefficient (Wildman–Crippen LogP) is 4.44. The normalized spacial score (nSPS) is 10.7. The maximum absolute atomic E-state index is 14.5. The van der Waals surface area contributed by atoms with E-state index in [0.717, 1.165) is 28.1 Å². The fourth-order valence-electron chi connectivity index (χ4n) is 3.29. The zero-order valence-electron chi connectivity index (χ0n) is 16.1. The number of aromatic nitrogens is 2. The highest BCUT2D eigenvalue weighted by molar-refractivity contribution is 5.91. The zero-order chi connectivity index (χ0) is 20.3. The smallest absolute Gasteiger partial charge is 0.340 e. The van der Waals surface area contributed by atoms with Crippen molar-refractivity contribution in [3.05, 3.63) is 65.4 Å². The number of hydrogen-bond acceptors (Lipinski definition) is 5. The van der Waals surface area contributed by atoms with Crippen LogP contribution in [0, 0.1) is 5.82 Å². The monoisotopic (exact) mass is 379 g/mol. The molecular weight excluding hydrogens is 357 g/mol. The number of nitrogen functional groups attached to an aromatic ring is 1. The number of methoxy groups -OCH3 is 1. The van der Waals surface area contributed by atoms with Crippen molar-refractivity contribution < 1.29 is 13.9 Å². The lowest BCUT2D eigenvalue weighted by molar-refractivity contribution is 0.0595. The molecule has 6 heteroatoms. The van der Waals surface area contributed by atoms with Crippen molar-refractivity contribution in [1.29, 1.82) is 0 Å². The minimum Gasteiger partial charge on any atom is -0.465 e. The highest BCUT2D eigenvalue weighted by atomic mass is 19.1. The average Bonchev–Trinajstić information content (AvgIpc) is 2.72. The van der Waals surface area contributed by atoms with E-state index in [2.05, 4.69) is 14.7 Å². The van der Waals surface area contributed by atoms with Gasteiger partial charge in [0.25, 0.3) is 0 Å². The number of ether oxygens (including phenoxy) is 1. The Kier molecular flexibility index (Phi) is 5.68. The van der Waals surface area contributed by atoms with Crippen molar-refractivity contribution in [3.63, 3.8) is 0 Å². The second kappa shape index (κ2) is 8.17. The molecular formula is C22H22FN3O2. The molecule has 1 aromatic carbocycles. The summed E-state index contributed by atoms with van der Waals surface area (Å²) in [6, 6.07) is 10.0. The summed E-state index contributed by atoms with van der Waals surface area (Å²) in [4.78, 5) is 20.7. The van der Waals surface area contributed by atoms with E-state index in [9.17, 15) is 9.18 Å². The van der Waals surface area contributed by atoms with Gasteiger partial charge < -0.3 is 10.5 Å². The van der Waals surface area contributed by atoms with Gasteiger partial charge in [0, 0.05) is 23.0 Å². The molecule has 2 aromatic heterocycles.